The Labute approximate surface area is 210 Å². The van der Waals surface area contributed by atoms with Crippen molar-refractivity contribution < 1.29 is 9.59 Å². The summed E-state index contributed by atoms with van der Waals surface area (Å²) < 4.78 is 4.29. The smallest absolute Gasteiger partial charge is 0.257 e. The summed E-state index contributed by atoms with van der Waals surface area (Å²) in [6.45, 7) is 5.60. The summed E-state index contributed by atoms with van der Waals surface area (Å²) in [6.07, 6.45) is 2.56. The second-order valence-corrected chi connectivity index (χ2v) is 9.99. The molecule has 0 spiro atoms. The highest BCUT2D eigenvalue weighted by atomic mass is 16.2. The van der Waals surface area contributed by atoms with E-state index in [-0.39, 0.29) is 24.5 Å². The molecule has 0 saturated carbocycles. The van der Waals surface area contributed by atoms with Gasteiger partial charge in [-0.3, -0.25) is 9.59 Å². The van der Waals surface area contributed by atoms with Crippen LogP contribution in [0, 0.1) is 0 Å². The summed E-state index contributed by atoms with van der Waals surface area (Å²) in [5, 5.41) is 4.28. The molecule has 2 aromatic heterocycles. The first-order chi connectivity index (χ1) is 17.5. The predicted molar refractivity (Wildman–Crippen MR) is 141 cm³/mol. The lowest BCUT2D eigenvalue weighted by molar-refractivity contribution is -0.121. The van der Waals surface area contributed by atoms with Crippen LogP contribution in [0.3, 0.4) is 0 Å². The standard InChI is InChI=1S/C29H31N5O2/c1-19(2)32-15-8-9-20(32)17-30-26(35)18-34-25-13-7-4-10-21(25)22-14-16-33-28(27(22)34)31(3)24-12-6-5-11-23(24)29(33)36/h4-13,15,19,28H,14,16-18H2,1-3H3,(H,30,35). The average Bonchev–Trinajstić information content (AvgIpc) is 3.49. The van der Waals surface area contributed by atoms with Crippen molar-refractivity contribution in [3.05, 3.63) is 89.4 Å². The first-order valence-electron chi connectivity index (χ1n) is 12.6. The molecule has 1 N–H and O–H groups in total. The highest BCUT2D eigenvalue weighted by Crippen LogP contribution is 2.44. The number of para-hydroxylation sites is 2. The van der Waals surface area contributed by atoms with E-state index in [0.717, 1.165) is 40.0 Å². The van der Waals surface area contributed by atoms with Crippen LogP contribution >= 0.6 is 0 Å². The number of hydrogen-bond acceptors (Lipinski definition) is 3. The lowest BCUT2D eigenvalue weighted by Gasteiger charge is -2.46. The molecule has 2 aromatic carbocycles. The number of nitrogens with zero attached hydrogens (tertiary/aromatic N) is 4. The minimum absolute atomic E-state index is 0.0441. The van der Waals surface area contributed by atoms with E-state index in [9.17, 15) is 9.59 Å². The Morgan fingerprint density at radius 1 is 1.06 bits per heavy atom. The molecule has 4 aromatic rings. The third-order valence-corrected chi connectivity index (χ3v) is 7.60. The zero-order valence-corrected chi connectivity index (χ0v) is 20.9. The van der Waals surface area contributed by atoms with Crippen molar-refractivity contribution in [1.29, 1.82) is 0 Å². The number of fused-ring (bicyclic) bond motifs is 6. The van der Waals surface area contributed by atoms with E-state index in [4.69, 9.17) is 0 Å². The summed E-state index contributed by atoms with van der Waals surface area (Å²) in [7, 11) is 2.04. The topological polar surface area (TPSA) is 62.5 Å². The van der Waals surface area contributed by atoms with Gasteiger partial charge in [-0.05, 0) is 56.2 Å². The van der Waals surface area contributed by atoms with Crippen molar-refractivity contribution in [1.82, 2.24) is 19.4 Å². The van der Waals surface area contributed by atoms with Gasteiger partial charge in [0.15, 0.2) is 0 Å². The third-order valence-electron chi connectivity index (χ3n) is 7.60. The normalized spacial score (nSPS) is 16.8. The molecule has 1 atom stereocenters. The summed E-state index contributed by atoms with van der Waals surface area (Å²) in [4.78, 5) is 30.9. The number of aromatic nitrogens is 2. The Morgan fingerprint density at radius 2 is 1.83 bits per heavy atom. The molecule has 2 aliphatic heterocycles. The van der Waals surface area contributed by atoms with Crippen LogP contribution in [-0.2, 0) is 24.3 Å². The molecule has 7 heteroatoms. The van der Waals surface area contributed by atoms with E-state index in [1.807, 2.05) is 66.7 Å². The molecule has 0 saturated heterocycles. The summed E-state index contributed by atoms with van der Waals surface area (Å²) in [6, 6.07) is 20.4. The quantitative estimate of drug-likeness (QED) is 0.457. The Kier molecular flexibility index (Phi) is 5.36. The van der Waals surface area contributed by atoms with E-state index >= 15 is 0 Å². The lowest BCUT2D eigenvalue weighted by atomic mass is 9.96. The van der Waals surface area contributed by atoms with Crippen molar-refractivity contribution >= 4 is 28.4 Å². The Balaban J connectivity index is 1.38. The fourth-order valence-corrected chi connectivity index (χ4v) is 5.95. The monoisotopic (exact) mass is 481 g/mol. The first kappa shape index (κ1) is 22.5. The van der Waals surface area contributed by atoms with Crippen LogP contribution in [0.1, 0.15) is 53.4 Å². The van der Waals surface area contributed by atoms with Crippen molar-refractivity contribution in [2.45, 2.75) is 45.6 Å². The van der Waals surface area contributed by atoms with Gasteiger partial charge in [-0.1, -0.05) is 30.3 Å². The van der Waals surface area contributed by atoms with Gasteiger partial charge in [0.25, 0.3) is 5.91 Å². The number of nitrogens with one attached hydrogen (secondary N) is 1. The van der Waals surface area contributed by atoms with Gasteiger partial charge in [0.05, 0.1) is 23.5 Å². The highest BCUT2D eigenvalue weighted by Gasteiger charge is 2.42. The number of hydrogen-bond donors (Lipinski definition) is 1. The van der Waals surface area contributed by atoms with E-state index in [2.05, 4.69) is 45.3 Å². The molecule has 2 aliphatic rings. The zero-order chi connectivity index (χ0) is 25.0. The van der Waals surface area contributed by atoms with Gasteiger partial charge in [0, 0.05) is 42.4 Å². The van der Waals surface area contributed by atoms with Gasteiger partial charge in [-0.15, -0.1) is 0 Å². The molecule has 4 heterocycles. The van der Waals surface area contributed by atoms with Crippen molar-refractivity contribution in [3.8, 4) is 0 Å². The largest absolute Gasteiger partial charge is 0.349 e. The number of carbonyl (C=O) groups excluding carboxylic acids is 2. The lowest BCUT2D eigenvalue weighted by Crippen LogP contribution is -2.51. The molecule has 0 bridgehead atoms. The summed E-state index contributed by atoms with van der Waals surface area (Å²) >= 11 is 0. The van der Waals surface area contributed by atoms with Crippen LogP contribution in [0.25, 0.3) is 10.9 Å². The fraction of sp³-hybridized carbons (Fsp3) is 0.310. The first-order valence-corrected chi connectivity index (χ1v) is 12.6. The van der Waals surface area contributed by atoms with Gasteiger partial charge in [-0.25, -0.2) is 0 Å². The number of amides is 2. The molecule has 0 aliphatic carbocycles. The van der Waals surface area contributed by atoms with Gasteiger partial charge in [0.2, 0.25) is 5.91 Å². The third kappa shape index (κ3) is 3.41. The van der Waals surface area contributed by atoms with Gasteiger partial charge >= 0.3 is 0 Å². The molecule has 2 amide bonds. The van der Waals surface area contributed by atoms with Crippen molar-refractivity contribution in [3.63, 3.8) is 0 Å². The number of carbonyl (C=O) groups is 2. The second-order valence-electron chi connectivity index (χ2n) is 9.99. The van der Waals surface area contributed by atoms with E-state index in [1.165, 1.54) is 5.56 Å². The van der Waals surface area contributed by atoms with Crippen molar-refractivity contribution in [2.24, 2.45) is 0 Å². The molecule has 6 rings (SSSR count). The Bertz CT molecular complexity index is 1480. The highest BCUT2D eigenvalue weighted by molar-refractivity contribution is 6.02. The Hall–Kier alpha value is -4.00. The maximum atomic E-state index is 13.5. The van der Waals surface area contributed by atoms with Gasteiger partial charge in [-0.2, -0.15) is 0 Å². The molecule has 7 nitrogen and oxygen atoms in total. The van der Waals surface area contributed by atoms with E-state index in [0.29, 0.717) is 19.1 Å². The van der Waals surface area contributed by atoms with E-state index < -0.39 is 0 Å². The maximum absolute atomic E-state index is 13.5. The van der Waals surface area contributed by atoms with Crippen LogP contribution in [0.5, 0.6) is 0 Å². The van der Waals surface area contributed by atoms with Crippen LogP contribution in [0.4, 0.5) is 5.69 Å². The molecule has 0 fully saturated rings. The molecular formula is C29H31N5O2. The second kappa shape index (κ2) is 8.59. The molecule has 1 unspecified atom stereocenters. The van der Waals surface area contributed by atoms with Gasteiger partial charge in [0.1, 0.15) is 12.7 Å². The number of anilines is 1. The summed E-state index contributed by atoms with van der Waals surface area (Å²) in [5.41, 5.74) is 6.03. The van der Waals surface area contributed by atoms with Crippen molar-refractivity contribution in [2.75, 3.05) is 18.5 Å². The maximum Gasteiger partial charge on any atom is 0.257 e. The fourth-order valence-electron chi connectivity index (χ4n) is 5.95. The number of benzene rings is 2. The predicted octanol–water partition coefficient (Wildman–Crippen LogP) is 4.49. The minimum atomic E-state index is -0.255. The van der Waals surface area contributed by atoms with E-state index in [1.54, 1.807) is 0 Å². The SMILES string of the molecule is CC(C)n1cccc1CNC(=O)Cn1c2c(c3ccccc31)CCN1C(=O)c3ccccc3N(C)C21. The van der Waals surface area contributed by atoms with Crippen LogP contribution in [0.15, 0.2) is 66.9 Å². The average molecular weight is 482 g/mol. The molecule has 184 valence electrons. The molecule has 0 radical (unpaired) electrons. The number of rotatable bonds is 5. The van der Waals surface area contributed by atoms with Crippen LogP contribution < -0.4 is 10.2 Å². The minimum Gasteiger partial charge on any atom is -0.349 e. The van der Waals surface area contributed by atoms with Crippen LogP contribution in [-0.4, -0.2) is 39.4 Å². The zero-order valence-electron chi connectivity index (χ0n) is 20.9. The Morgan fingerprint density at radius 3 is 2.67 bits per heavy atom. The molecule has 36 heavy (non-hydrogen) atoms. The van der Waals surface area contributed by atoms with Crippen LogP contribution in [0.2, 0.25) is 0 Å². The molecular weight excluding hydrogens is 450 g/mol. The van der Waals surface area contributed by atoms with Gasteiger partial charge < -0.3 is 24.3 Å². The summed E-state index contributed by atoms with van der Waals surface area (Å²) in [5.74, 6) is 0.00688.